The van der Waals surface area contributed by atoms with Gasteiger partial charge in [-0.3, -0.25) is 0 Å². The van der Waals surface area contributed by atoms with Gasteiger partial charge in [0.25, 0.3) is 0 Å². The number of hydrogen-bond donors (Lipinski definition) is 2. The van der Waals surface area contributed by atoms with Gasteiger partial charge < -0.3 is 20.7 Å². The molecule has 1 fully saturated rings. The fourth-order valence-electron chi connectivity index (χ4n) is 1.76. The normalized spacial score (nSPS) is 26.5. The van der Waals surface area contributed by atoms with E-state index in [-0.39, 0.29) is 11.6 Å². The summed E-state index contributed by atoms with van der Waals surface area (Å²) in [6, 6.07) is -0.0212. The second-order valence-electron chi connectivity index (χ2n) is 3.85. The Labute approximate surface area is 90.9 Å². The van der Waals surface area contributed by atoms with E-state index in [1.54, 1.807) is 4.90 Å². The second-order valence-corrected chi connectivity index (χ2v) is 3.85. The Balaban J connectivity index is 2.58. The van der Waals surface area contributed by atoms with Gasteiger partial charge in [-0.05, 0) is 13.3 Å². The molecule has 1 heterocycles. The number of hydrogen-bond acceptors (Lipinski definition) is 3. The maximum atomic E-state index is 11.6. The van der Waals surface area contributed by atoms with Crippen LogP contribution >= 0.6 is 0 Å². The zero-order chi connectivity index (χ0) is 11.3. The van der Waals surface area contributed by atoms with Gasteiger partial charge in [-0.15, -0.1) is 0 Å². The van der Waals surface area contributed by atoms with E-state index in [0.717, 1.165) is 6.42 Å². The Bertz CT molecular complexity index is 217. The largest absolute Gasteiger partial charge is 0.370 e. The fraction of sp³-hybridized carbons (Fsp3) is 0.900. The van der Waals surface area contributed by atoms with E-state index in [2.05, 4.69) is 5.32 Å². The maximum Gasteiger partial charge on any atom is 0.317 e. The van der Waals surface area contributed by atoms with Crippen LogP contribution in [0.3, 0.4) is 0 Å². The Hall–Kier alpha value is -0.810. The highest BCUT2D eigenvalue weighted by Crippen LogP contribution is 2.20. The van der Waals surface area contributed by atoms with Crippen molar-refractivity contribution in [2.24, 2.45) is 5.73 Å². The van der Waals surface area contributed by atoms with Crippen LogP contribution < -0.4 is 11.1 Å². The van der Waals surface area contributed by atoms with Crippen LogP contribution in [0.1, 0.15) is 20.3 Å². The monoisotopic (exact) mass is 215 g/mol. The van der Waals surface area contributed by atoms with Crippen LogP contribution in [0.4, 0.5) is 4.79 Å². The Morgan fingerprint density at radius 2 is 2.33 bits per heavy atom. The molecule has 5 nitrogen and oxygen atoms in total. The van der Waals surface area contributed by atoms with E-state index < -0.39 is 0 Å². The van der Waals surface area contributed by atoms with Gasteiger partial charge >= 0.3 is 6.03 Å². The fourth-order valence-corrected chi connectivity index (χ4v) is 1.76. The van der Waals surface area contributed by atoms with Crippen LogP contribution in [-0.2, 0) is 4.74 Å². The molecule has 0 spiro atoms. The third-order valence-electron chi connectivity index (χ3n) is 2.88. The average Bonchev–Trinajstić information content (AvgIpc) is 2.29. The van der Waals surface area contributed by atoms with Crippen LogP contribution in [0.2, 0.25) is 0 Å². The van der Waals surface area contributed by atoms with Gasteiger partial charge in [0.05, 0.1) is 18.8 Å². The molecular formula is C10H21N3O2. The van der Waals surface area contributed by atoms with Crippen molar-refractivity contribution in [2.45, 2.75) is 25.9 Å². The molecule has 0 saturated carbocycles. The molecule has 3 N–H and O–H groups in total. The summed E-state index contributed by atoms with van der Waals surface area (Å²) in [5, 5.41) is 2.79. The molecule has 0 aliphatic carbocycles. The van der Waals surface area contributed by atoms with Crippen LogP contribution in [0, 0.1) is 0 Å². The topological polar surface area (TPSA) is 67.6 Å². The number of morpholine rings is 1. The number of carbonyl (C=O) groups excluding carboxylic acids is 1. The maximum absolute atomic E-state index is 11.6. The second kappa shape index (κ2) is 5.32. The van der Waals surface area contributed by atoms with Crippen molar-refractivity contribution in [1.29, 1.82) is 0 Å². The molecule has 1 rings (SSSR count). The van der Waals surface area contributed by atoms with Crippen molar-refractivity contribution in [1.82, 2.24) is 10.2 Å². The molecule has 1 atom stereocenters. The van der Waals surface area contributed by atoms with Crippen molar-refractivity contribution in [3.05, 3.63) is 0 Å². The summed E-state index contributed by atoms with van der Waals surface area (Å²) in [7, 11) is 0. The number of nitrogens with two attached hydrogens (primary N) is 1. The third kappa shape index (κ3) is 2.82. The molecule has 0 aromatic heterocycles. The molecule has 1 saturated heterocycles. The Morgan fingerprint density at radius 3 is 2.87 bits per heavy atom. The number of nitrogens with one attached hydrogen (secondary N) is 1. The van der Waals surface area contributed by atoms with Crippen molar-refractivity contribution < 1.29 is 9.53 Å². The van der Waals surface area contributed by atoms with Crippen LogP contribution in [0.25, 0.3) is 0 Å². The lowest BCUT2D eigenvalue weighted by Gasteiger charge is -2.41. The minimum Gasteiger partial charge on any atom is -0.370 e. The summed E-state index contributed by atoms with van der Waals surface area (Å²) in [5.41, 5.74) is 5.36. The molecule has 0 radical (unpaired) electrons. The van der Waals surface area contributed by atoms with E-state index >= 15 is 0 Å². The number of urea groups is 1. The summed E-state index contributed by atoms with van der Waals surface area (Å²) in [6.07, 6.45) is 0.833. The molecule has 2 amide bonds. The minimum absolute atomic E-state index is 0.0212. The number of rotatable bonds is 3. The summed E-state index contributed by atoms with van der Waals surface area (Å²) < 4.78 is 5.68. The number of carbonyl (C=O) groups is 1. The summed E-state index contributed by atoms with van der Waals surface area (Å²) in [6.45, 7) is 6.86. The van der Waals surface area contributed by atoms with Crippen molar-refractivity contribution in [2.75, 3.05) is 32.8 Å². The lowest BCUT2D eigenvalue weighted by atomic mass is 9.98. The van der Waals surface area contributed by atoms with Gasteiger partial charge in [0.1, 0.15) is 0 Å². The molecule has 5 heteroatoms. The number of ether oxygens (including phenoxy) is 1. The van der Waals surface area contributed by atoms with E-state index in [1.165, 1.54) is 0 Å². The molecule has 0 bridgehead atoms. The van der Waals surface area contributed by atoms with Gasteiger partial charge in [0.15, 0.2) is 0 Å². The predicted molar refractivity (Wildman–Crippen MR) is 58.7 cm³/mol. The van der Waals surface area contributed by atoms with Crippen molar-refractivity contribution in [3.8, 4) is 0 Å². The Morgan fingerprint density at radius 1 is 1.60 bits per heavy atom. The van der Waals surface area contributed by atoms with Gasteiger partial charge in [-0.2, -0.15) is 0 Å². The molecule has 1 unspecified atom stereocenters. The van der Waals surface area contributed by atoms with Gasteiger partial charge in [-0.25, -0.2) is 4.79 Å². The molecule has 1 aliphatic heterocycles. The minimum atomic E-state index is -0.344. The molecule has 88 valence electrons. The number of nitrogens with zero attached hydrogens (tertiary/aromatic N) is 1. The first-order valence-electron chi connectivity index (χ1n) is 5.54. The first kappa shape index (κ1) is 12.3. The first-order chi connectivity index (χ1) is 7.17. The highest BCUT2D eigenvalue weighted by molar-refractivity contribution is 5.74. The van der Waals surface area contributed by atoms with Crippen LogP contribution in [0.15, 0.2) is 0 Å². The zero-order valence-corrected chi connectivity index (χ0v) is 9.58. The number of amides is 2. The molecule has 0 aromatic carbocycles. The standard InChI is InChI=1S/C10H21N3O2/c1-3-10(7-11)8-13(5-6-15-10)9(14)12-4-2/h3-8,11H2,1-2H3,(H,12,14). The highest BCUT2D eigenvalue weighted by atomic mass is 16.5. The third-order valence-corrected chi connectivity index (χ3v) is 2.88. The zero-order valence-electron chi connectivity index (χ0n) is 9.58. The summed E-state index contributed by atoms with van der Waals surface area (Å²) in [4.78, 5) is 13.4. The van der Waals surface area contributed by atoms with Crippen LogP contribution in [-0.4, -0.2) is 49.3 Å². The molecule has 15 heavy (non-hydrogen) atoms. The van der Waals surface area contributed by atoms with Crippen molar-refractivity contribution >= 4 is 6.03 Å². The van der Waals surface area contributed by atoms with E-state index in [9.17, 15) is 4.79 Å². The summed E-state index contributed by atoms with van der Waals surface area (Å²) >= 11 is 0. The van der Waals surface area contributed by atoms with E-state index in [0.29, 0.717) is 32.8 Å². The lowest BCUT2D eigenvalue weighted by Crippen LogP contribution is -2.58. The SMILES string of the molecule is CCNC(=O)N1CCOC(CC)(CN)C1. The Kier molecular flexibility index (Phi) is 4.35. The van der Waals surface area contributed by atoms with Gasteiger partial charge in [0.2, 0.25) is 0 Å². The van der Waals surface area contributed by atoms with Crippen LogP contribution in [0.5, 0.6) is 0 Å². The quantitative estimate of drug-likeness (QED) is 0.704. The first-order valence-corrected chi connectivity index (χ1v) is 5.54. The summed E-state index contributed by atoms with van der Waals surface area (Å²) in [5.74, 6) is 0. The molecular weight excluding hydrogens is 194 g/mol. The van der Waals surface area contributed by atoms with E-state index in [4.69, 9.17) is 10.5 Å². The smallest absolute Gasteiger partial charge is 0.317 e. The van der Waals surface area contributed by atoms with Gasteiger partial charge in [-0.1, -0.05) is 6.92 Å². The highest BCUT2D eigenvalue weighted by Gasteiger charge is 2.35. The molecule has 0 aromatic rings. The van der Waals surface area contributed by atoms with Crippen molar-refractivity contribution in [3.63, 3.8) is 0 Å². The lowest BCUT2D eigenvalue weighted by molar-refractivity contribution is -0.0930. The van der Waals surface area contributed by atoms with E-state index in [1.807, 2.05) is 13.8 Å². The average molecular weight is 215 g/mol. The predicted octanol–water partition coefficient (Wildman–Crippen LogP) is 0.156. The van der Waals surface area contributed by atoms with Gasteiger partial charge in [0, 0.05) is 19.6 Å². The molecule has 1 aliphatic rings.